The van der Waals surface area contributed by atoms with Gasteiger partial charge in [-0.15, -0.1) is 0 Å². The first kappa shape index (κ1) is 10.7. The van der Waals surface area contributed by atoms with Gasteiger partial charge in [0.1, 0.15) is 0 Å². The maximum absolute atomic E-state index is 3.62. The van der Waals surface area contributed by atoms with E-state index in [0.29, 0.717) is 6.04 Å². The van der Waals surface area contributed by atoms with Crippen molar-refractivity contribution in [1.29, 1.82) is 0 Å². The first-order valence-corrected chi connectivity index (χ1v) is 6.14. The molecule has 15 heavy (non-hydrogen) atoms. The van der Waals surface area contributed by atoms with Crippen LogP contribution in [-0.2, 0) is 6.42 Å². The number of hydrogen-bond acceptors (Lipinski definition) is 1. The van der Waals surface area contributed by atoms with E-state index >= 15 is 0 Å². The quantitative estimate of drug-likeness (QED) is 0.773. The molecule has 1 aliphatic rings. The Morgan fingerprint density at radius 1 is 1.27 bits per heavy atom. The summed E-state index contributed by atoms with van der Waals surface area (Å²) in [5.41, 5.74) is 2.88. The van der Waals surface area contributed by atoms with Gasteiger partial charge in [-0.05, 0) is 37.3 Å². The molecule has 1 N–H and O–H groups in total. The van der Waals surface area contributed by atoms with Gasteiger partial charge in [0.15, 0.2) is 0 Å². The number of rotatable bonds is 5. The molecule has 0 aliphatic heterocycles. The lowest BCUT2D eigenvalue weighted by molar-refractivity contribution is 0.571. The van der Waals surface area contributed by atoms with E-state index in [1.165, 1.54) is 36.8 Å². The van der Waals surface area contributed by atoms with Crippen LogP contribution < -0.4 is 5.32 Å². The largest absolute Gasteiger partial charge is 0.307 e. The molecule has 1 atom stereocenters. The van der Waals surface area contributed by atoms with Gasteiger partial charge < -0.3 is 5.32 Å². The first-order valence-electron chi connectivity index (χ1n) is 6.14. The molecule has 0 bridgehead atoms. The maximum Gasteiger partial charge on any atom is 0.0294 e. The highest BCUT2D eigenvalue weighted by molar-refractivity contribution is 5.25. The molecular formula is C14H21N. The van der Waals surface area contributed by atoms with Gasteiger partial charge in [0, 0.05) is 12.1 Å². The van der Waals surface area contributed by atoms with Gasteiger partial charge in [-0.3, -0.25) is 0 Å². The van der Waals surface area contributed by atoms with E-state index in [-0.39, 0.29) is 0 Å². The lowest BCUT2D eigenvalue weighted by atomic mass is 10.0. The Balaban J connectivity index is 1.95. The van der Waals surface area contributed by atoms with Crippen LogP contribution in [0.3, 0.4) is 0 Å². The molecule has 1 heteroatoms. The topological polar surface area (TPSA) is 12.0 Å². The Bertz CT molecular complexity index is 298. The highest BCUT2D eigenvalue weighted by atomic mass is 15.0. The summed E-state index contributed by atoms with van der Waals surface area (Å²) >= 11 is 0. The minimum atomic E-state index is 0.508. The van der Waals surface area contributed by atoms with Crippen LogP contribution in [-0.4, -0.2) is 6.04 Å². The van der Waals surface area contributed by atoms with Gasteiger partial charge in [-0.1, -0.05) is 37.6 Å². The molecule has 0 spiro atoms. The minimum Gasteiger partial charge on any atom is -0.307 e. The van der Waals surface area contributed by atoms with Crippen LogP contribution >= 0.6 is 0 Å². The molecule has 82 valence electrons. The first-order chi connectivity index (χ1) is 7.29. The summed E-state index contributed by atoms with van der Waals surface area (Å²) in [4.78, 5) is 0. The van der Waals surface area contributed by atoms with Crippen molar-refractivity contribution in [1.82, 2.24) is 5.32 Å². The second kappa shape index (κ2) is 4.80. The molecular weight excluding hydrogens is 182 g/mol. The van der Waals surface area contributed by atoms with Gasteiger partial charge in [0.2, 0.25) is 0 Å². The normalized spacial score (nSPS) is 17.7. The van der Waals surface area contributed by atoms with Crippen molar-refractivity contribution < 1.29 is 0 Å². The van der Waals surface area contributed by atoms with Crippen LogP contribution in [0.15, 0.2) is 24.3 Å². The third kappa shape index (κ3) is 3.07. The number of nitrogens with one attached hydrogen (secondary N) is 1. The van der Waals surface area contributed by atoms with Crippen molar-refractivity contribution in [3.05, 3.63) is 35.4 Å². The second-order valence-corrected chi connectivity index (χ2v) is 4.65. The Morgan fingerprint density at radius 2 is 1.93 bits per heavy atom. The number of aryl methyl sites for hydroxylation is 1. The Hall–Kier alpha value is -0.820. The summed E-state index contributed by atoms with van der Waals surface area (Å²) in [6.45, 7) is 4.48. The summed E-state index contributed by atoms with van der Waals surface area (Å²) in [5, 5.41) is 3.62. The van der Waals surface area contributed by atoms with Gasteiger partial charge in [0.05, 0.1) is 0 Å². The van der Waals surface area contributed by atoms with Crippen LogP contribution in [0, 0.1) is 0 Å². The summed E-state index contributed by atoms with van der Waals surface area (Å²) in [5.74, 6) is 0. The van der Waals surface area contributed by atoms with Gasteiger partial charge in [-0.25, -0.2) is 0 Å². The Labute approximate surface area is 92.9 Å². The molecule has 0 heterocycles. The van der Waals surface area contributed by atoms with E-state index in [9.17, 15) is 0 Å². The highest BCUT2D eigenvalue weighted by Crippen LogP contribution is 2.24. The molecule has 1 unspecified atom stereocenters. The molecule has 1 aromatic carbocycles. The zero-order valence-corrected chi connectivity index (χ0v) is 9.79. The fourth-order valence-electron chi connectivity index (χ4n) is 1.96. The molecule has 1 nitrogen and oxygen atoms in total. The van der Waals surface area contributed by atoms with Gasteiger partial charge in [0.25, 0.3) is 0 Å². The number of benzene rings is 1. The molecule has 0 amide bonds. The van der Waals surface area contributed by atoms with Crippen molar-refractivity contribution in [2.24, 2.45) is 0 Å². The van der Waals surface area contributed by atoms with Crippen LogP contribution in [0.1, 0.15) is 50.3 Å². The molecule has 1 fully saturated rings. The standard InChI is InChI=1S/C14H21N/c1-3-4-12-5-7-13(8-6-12)11(2)15-14-9-10-14/h5-8,11,14-15H,3-4,9-10H2,1-2H3. The monoisotopic (exact) mass is 203 g/mol. The zero-order chi connectivity index (χ0) is 10.7. The third-order valence-electron chi connectivity index (χ3n) is 3.08. The summed E-state index contributed by atoms with van der Waals surface area (Å²) in [6, 6.07) is 10.4. The highest BCUT2D eigenvalue weighted by Gasteiger charge is 2.22. The van der Waals surface area contributed by atoms with Crippen molar-refractivity contribution in [2.75, 3.05) is 0 Å². The predicted octanol–water partition coefficient (Wildman–Crippen LogP) is 3.45. The number of hydrogen-bond donors (Lipinski definition) is 1. The second-order valence-electron chi connectivity index (χ2n) is 4.65. The molecule has 2 rings (SSSR count). The van der Waals surface area contributed by atoms with Crippen LogP contribution in [0.25, 0.3) is 0 Å². The fraction of sp³-hybridized carbons (Fsp3) is 0.571. The van der Waals surface area contributed by atoms with E-state index in [2.05, 4.69) is 43.4 Å². The molecule has 0 saturated heterocycles. The van der Waals surface area contributed by atoms with Crippen molar-refractivity contribution in [3.63, 3.8) is 0 Å². The minimum absolute atomic E-state index is 0.508. The van der Waals surface area contributed by atoms with Crippen molar-refractivity contribution in [2.45, 2.75) is 51.6 Å². The van der Waals surface area contributed by atoms with Crippen molar-refractivity contribution >= 4 is 0 Å². The summed E-state index contributed by atoms with van der Waals surface area (Å²) < 4.78 is 0. The zero-order valence-electron chi connectivity index (χ0n) is 9.79. The average molecular weight is 203 g/mol. The van der Waals surface area contributed by atoms with Crippen LogP contribution in [0.5, 0.6) is 0 Å². The van der Waals surface area contributed by atoms with Crippen LogP contribution in [0.4, 0.5) is 0 Å². The summed E-state index contributed by atoms with van der Waals surface area (Å²) in [6.07, 6.45) is 5.15. The van der Waals surface area contributed by atoms with E-state index in [1.807, 2.05) is 0 Å². The third-order valence-corrected chi connectivity index (χ3v) is 3.08. The molecule has 1 aromatic rings. The lowest BCUT2D eigenvalue weighted by Crippen LogP contribution is -2.20. The smallest absolute Gasteiger partial charge is 0.0294 e. The average Bonchev–Trinajstić information content (AvgIpc) is 3.03. The van der Waals surface area contributed by atoms with E-state index in [1.54, 1.807) is 0 Å². The van der Waals surface area contributed by atoms with E-state index in [0.717, 1.165) is 6.04 Å². The predicted molar refractivity (Wildman–Crippen MR) is 65.0 cm³/mol. The fourth-order valence-corrected chi connectivity index (χ4v) is 1.96. The molecule has 1 saturated carbocycles. The Kier molecular flexibility index (Phi) is 3.42. The molecule has 0 aromatic heterocycles. The molecule has 1 aliphatic carbocycles. The maximum atomic E-state index is 3.62. The summed E-state index contributed by atoms with van der Waals surface area (Å²) in [7, 11) is 0. The van der Waals surface area contributed by atoms with Crippen LogP contribution in [0.2, 0.25) is 0 Å². The van der Waals surface area contributed by atoms with E-state index < -0.39 is 0 Å². The van der Waals surface area contributed by atoms with Gasteiger partial charge in [-0.2, -0.15) is 0 Å². The van der Waals surface area contributed by atoms with Gasteiger partial charge >= 0.3 is 0 Å². The SMILES string of the molecule is CCCc1ccc(C(C)NC2CC2)cc1. The lowest BCUT2D eigenvalue weighted by Gasteiger charge is -2.13. The molecule has 0 radical (unpaired) electrons. The van der Waals surface area contributed by atoms with Crippen molar-refractivity contribution in [3.8, 4) is 0 Å². The Morgan fingerprint density at radius 3 is 2.47 bits per heavy atom. The van der Waals surface area contributed by atoms with E-state index in [4.69, 9.17) is 0 Å².